The van der Waals surface area contributed by atoms with Gasteiger partial charge in [-0.2, -0.15) is 0 Å². The van der Waals surface area contributed by atoms with Crippen LogP contribution in [0.25, 0.3) is 0 Å². The van der Waals surface area contributed by atoms with Crippen molar-refractivity contribution in [3.63, 3.8) is 0 Å². The van der Waals surface area contributed by atoms with E-state index in [0.717, 1.165) is 11.8 Å². The van der Waals surface area contributed by atoms with Gasteiger partial charge in [-0.3, -0.25) is 4.57 Å². The van der Waals surface area contributed by atoms with Crippen LogP contribution in [0.1, 0.15) is 35.8 Å². The van der Waals surface area contributed by atoms with Crippen molar-refractivity contribution in [2.24, 2.45) is 0 Å². The summed E-state index contributed by atoms with van der Waals surface area (Å²) in [6.45, 7) is 5.40. The van der Waals surface area contributed by atoms with E-state index in [9.17, 15) is 14.7 Å². The summed E-state index contributed by atoms with van der Waals surface area (Å²) < 4.78 is 1.46. The second-order valence-electron chi connectivity index (χ2n) is 4.49. The average molecular weight is 294 g/mol. The number of aromatic carboxylic acids is 1. The lowest BCUT2D eigenvalue weighted by Gasteiger charge is -2.10. The molecule has 0 atom stereocenters. The van der Waals surface area contributed by atoms with Gasteiger partial charge in [0.2, 0.25) is 0 Å². The second-order valence-corrected chi connectivity index (χ2v) is 5.45. The summed E-state index contributed by atoms with van der Waals surface area (Å²) in [4.78, 5) is 27.0. The Labute approximate surface area is 119 Å². The molecule has 0 saturated heterocycles. The first-order valence-electron chi connectivity index (χ1n) is 5.95. The van der Waals surface area contributed by atoms with Crippen LogP contribution in [0.4, 0.5) is 0 Å². The fourth-order valence-electron chi connectivity index (χ4n) is 1.77. The molecule has 8 heteroatoms. The highest BCUT2D eigenvalue weighted by atomic mass is 32.2. The third kappa shape index (κ3) is 2.60. The van der Waals surface area contributed by atoms with E-state index in [1.54, 1.807) is 13.0 Å². The maximum absolute atomic E-state index is 11.7. The molecule has 0 radical (unpaired) electrons. The van der Waals surface area contributed by atoms with Gasteiger partial charge in [-0.25, -0.2) is 19.7 Å². The number of H-pyrrole nitrogens is 1. The van der Waals surface area contributed by atoms with Gasteiger partial charge in [0.25, 0.3) is 0 Å². The highest BCUT2D eigenvalue weighted by Crippen LogP contribution is 2.29. The molecule has 0 spiro atoms. The number of pyridine rings is 1. The average Bonchev–Trinajstić information content (AvgIpc) is 2.70. The van der Waals surface area contributed by atoms with Gasteiger partial charge < -0.3 is 5.11 Å². The largest absolute Gasteiger partial charge is 0.478 e. The van der Waals surface area contributed by atoms with E-state index >= 15 is 0 Å². The van der Waals surface area contributed by atoms with Crippen LogP contribution in [0.15, 0.2) is 27.2 Å². The Morgan fingerprint density at radius 2 is 2.20 bits per heavy atom. The number of hydrogen-bond acceptors (Lipinski definition) is 5. The summed E-state index contributed by atoms with van der Waals surface area (Å²) in [6, 6.07) is 1.55. The summed E-state index contributed by atoms with van der Waals surface area (Å²) in [5.41, 5.74) is 0.416. The van der Waals surface area contributed by atoms with E-state index in [-0.39, 0.29) is 17.3 Å². The lowest BCUT2D eigenvalue weighted by atomic mass is 10.2. The number of aromatic amines is 1. The highest BCUT2D eigenvalue weighted by Gasteiger charge is 2.19. The van der Waals surface area contributed by atoms with Gasteiger partial charge in [-0.05, 0) is 44.2 Å². The number of carboxylic acid groups (broad SMARTS) is 1. The number of nitrogens with zero attached hydrogens (tertiary/aromatic N) is 3. The summed E-state index contributed by atoms with van der Waals surface area (Å²) >= 11 is 1.06. The summed E-state index contributed by atoms with van der Waals surface area (Å²) in [6.07, 6.45) is 1.54. The van der Waals surface area contributed by atoms with Crippen LogP contribution >= 0.6 is 11.8 Å². The molecule has 0 amide bonds. The number of nitrogens with one attached hydrogen (secondary N) is 1. The zero-order chi connectivity index (χ0) is 14.9. The van der Waals surface area contributed by atoms with Crippen LogP contribution in [-0.2, 0) is 0 Å². The van der Waals surface area contributed by atoms with E-state index < -0.39 is 5.97 Å². The molecule has 0 aromatic carbocycles. The smallest absolute Gasteiger partial charge is 0.344 e. The minimum absolute atomic E-state index is 0.0816. The van der Waals surface area contributed by atoms with Gasteiger partial charge in [0.1, 0.15) is 5.03 Å². The Morgan fingerprint density at radius 1 is 1.50 bits per heavy atom. The highest BCUT2D eigenvalue weighted by molar-refractivity contribution is 7.99. The van der Waals surface area contributed by atoms with E-state index in [0.29, 0.717) is 15.7 Å². The molecule has 0 aliphatic carbocycles. The topological polar surface area (TPSA) is 101 Å². The van der Waals surface area contributed by atoms with E-state index in [4.69, 9.17) is 0 Å². The zero-order valence-corrected chi connectivity index (χ0v) is 12.1. The number of carboxylic acids is 1. The molecule has 0 fully saturated rings. The molecular weight excluding hydrogens is 280 g/mol. The molecule has 0 bridgehead atoms. The molecule has 20 heavy (non-hydrogen) atoms. The fourth-order valence-corrected chi connectivity index (χ4v) is 2.90. The maximum Gasteiger partial charge on any atom is 0.344 e. The van der Waals surface area contributed by atoms with Gasteiger partial charge in [0, 0.05) is 12.2 Å². The summed E-state index contributed by atoms with van der Waals surface area (Å²) in [5.74, 6) is -1.05. The minimum Gasteiger partial charge on any atom is -0.478 e. The Morgan fingerprint density at radius 3 is 2.80 bits per heavy atom. The Bertz CT molecular complexity index is 705. The quantitative estimate of drug-likeness (QED) is 0.890. The van der Waals surface area contributed by atoms with Crippen LogP contribution in [0, 0.1) is 6.92 Å². The number of aromatic nitrogens is 4. The molecule has 2 aromatic heterocycles. The molecular formula is C12H14N4O3S. The SMILES string of the molecule is Cc1ccnc(Sc2n[nH]c(=O)n2C(C)C)c1C(=O)O. The minimum atomic E-state index is -1.05. The molecule has 2 aromatic rings. The molecule has 0 aliphatic rings. The first-order chi connectivity index (χ1) is 9.41. The number of rotatable bonds is 4. The molecule has 2 heterocycles. The first kappa shape index (κ1) is 14.3. The van der Waals surface area contributed by atoms with Crippen molar-refractivity contribution in [1.29, 1.82) is 0 Å². The van der Waals surface area contributed by atoms with Gasteiger partial charge in [0.05, 0.1) is 5.56 Å². The maximum atomic E-state index is 11.7. The van der Waals surface area contributed by atoms with E-state index in [1.165, 1.54) is 10.8 Å². The standard InChI is InChI=1S/C12H14N4O3S/c1-6(2)16-11(19)14-15-12(16)20-9-8(10(17)18)7(3)4-5-13-9/h4-6H,1-3H3,(H,14,19)(H,17,18). The molecule has 106 valence electrons. The van der Waals surface area contributed by atoms with Crippen LogP contribution in [0.3, 0.4) is 0 Å². The zero-order valence-electron chi connectivity index (χ0n) is 11.2. The monoisotopic (exact) mass is 294 g/mol. The second kappa shape index (κ2) is 5.49. The Balaban J connectivity index is 2.49. The van der Waals surface area contributed by atoms with Crippen molar-refractivity contribution in [2.75, 3.05) is 0 Å². The van der Waals surface area contributed by atoms with Crippen LogP contribution < -0.4 is 5.69 Å². The van der Waals surface area contributed by atoms with Crippen molar-refractivity contribution in [2.45, 2.75) is 37.0 Å². The third-order valence-corrected chi connectivity index (χ3v) is 3.69. The number of hydrogen-bond donors (Lipinski definition) is 2. The fraction of sp³-hybridized carbons (Fsp3) is 0.333. The lowest BCUT2D eigenvalue weighted by molar-refractivity contribution is 0.0691. The Kier molecular flexibility index (Phi) is 3.93. The van der Waals surface area contributed by atoms with Crippen molar-refractivity contribution < 1.29 is 9.90 Å². The van der Waals surface area contributed by atoms with E-state index in [2.05, 4.69) is 15.2 Å². The predicted molar refractivity (Wildman–Crippen MR) is 73.3 cm³/mol. The molecule has 0 unspecified atom stereocenters. The molecule has 0 saturated carbocycles. The number of aryl methyl sites for hydroxylation is 1. The molecule has 0 aliphatic heterocycles. The predicted octanol–water partition coefficient (Wildman–Crippen LogP) is 1.71. The van der Waals surface area contributed by atoms with Crippen molar-refractivity contribution in [3.8, 4) is 0 Å². The van der Waals surface area contributed by atoms with Gasteiger partial charge in [-0.1, -0.05) is 0 Å². The van der Waals surface area contributed by atoms with Gasteiger partial charge >= 0.3 is 11.7 Å². The van der Waals surface area contributed by atoms with Crippen molar-refractivity contribution in [3.05, 3.63) is 33.9 Å². The third-order valence-electron chi connectivity index (χ3n) is 2.71. The van der Waals surface area contributed by atoms with E-state index in [1.807, 2.05) is 13.8 Å². The normalized spacial score (nSPS) is 11.0. The molecule has 2 N–H and O–H groups in total. The Hall–Kier alpha value is -2.09. The van der Waals surface area contributed by atoms with Gasteiger partial charge in [0.15, 0.2) is 5.16 Å². The van der Waals surface area contributed by atoms with Crippen LogP contribution in [0.5, 0.6) is 0 Å². The number of carbonyl (C=O) groups is 1. The summed E-state index contributed by atoms with van der Waals surface area (Å²) in [7, 11) is 0. The van der Waals surface area contributed by atoms with Gasteiger partial charge in [-0.15, -0.1) is 5.10 Å². The van der Waals surface area contributed by atoms with Crippen LogP contribution in [-0.4, -0.2) is 30.8 Å². The molecule has 7 nitrogen and oxygen atoms in total. The summed E-state index contributed by atoms with van der Waals surface area (Å²) in [5, 5.41) is 16.3. The lowest BCUT2D eigenvalue weighted by Crippen LogP contribution is -2.19. The van der Waals surface area contributed by atoms with Crippen molar-refractivity contribution in [1.82, 2.24) is 19.7 Å². The van der Waals surface area contributed by atoms with Crippen LogP contribution in [0.2, 0.25) is 0 Å². The molecule has 2 rings (SSSR count). The first-order valence-corrected chi connectivity index (χ1v) is 6.77. The van der Waals surface area contributed by atoms with Crippen molar-refractivity contribution >= 4 is 17.7 Å².